The summed E-state index contributed by atoms with van der Waals surface area (Å²) in [7, 11) is 1.44. The predicted octanol–water partition coefficient (Wildman–Crippen LogP) is 3.79. The van der Waals surface area contributed by atoms with Crippen molar-refractivity contribution in [2.24, 2.45) is 0 Å². The maximum atomic E-state index is 13.1. The highest BCUT2D eigenvalue weighted by molar-refractivity contribution is 5.97. The lowest BCUT2D eigenvalue weighted by Gasteiger charge is -2.22. The third kappa shape index (κ3) is 4.45. The van der Waals surface area contributed by atoms with Crippen LogP contribution in [0, 0.1) is 6.92 Å². The van der Waals surface area contributed by atoms with Crippen LogP contribution < -0.4 is 14.2 Å². The van der Waals surface area contributed by atoms with Crippen molar-refractivity contribution in [3.8, 4) is 17.2 Å². The summed E-state index contributed by atoms with van der Waals surface area (Å²) in [6.45, 7) is 1.05. The van der Waals surface area contributed by atoms with Crippen molar-refractivity contribution in [3.05, 3.63) is 88.5 Å². The van der Waals surface area contributed by atoms with Crippen molar-refractivity contribution in [1.82, 2.24) is 0 Å². The number of benzene rings is 3. The number of para-hydroxylation sites is 1. The van der Waals surface area contributed by atoms with E-state index in [-0.39, 0.29) is 30.1 Å². The molecule has 156 valence electrons. The van der Waals surface area contributed by atoms with E-state index in [1.54, 1.807) is 31.2 Å². The summed E-state index contributed by atoms with van der Waals surface area (Å²) in [4.78, 5) is 13.1. The highest BCUT2D eigenvalue weighted by atomic mass is 16.5. The van der Waals surface area contributed by atoms with Gasteiger partial charge >= 0.3 is 5.97 Å². The van der Waals surface area contributed by atoms with Gasteiger partial charge in [-0.15, -0.1) is 0 Å². The van der Waals surface area contributed by atoms with Gasteiger partial charge in [0.05, 0.1) is 20.3 Å². The molecule has 3 aromatic carbocycles. The molecule has 0 aromatic heterocycles. The number of ether oxygens (including phenoxy) is 3. The molecule has 0 saturated carbocycles. The number of aliphatic hydroxyl groups excluding tert-OH is 2. The molecule has 0 saturated heterocycles. The Labute approximate surface area is 175 Å². The molecule has 0 aliphatic heterocycles. The first kappa shape index (κ1) is 21.4. The Bertz CT molecular complexity index is 999. The lowest BCUT2D eigenvalue weighted by molar-refractivity contribution is 0.0727. The summed E-state index contributed by atoms with van der Waals surface area (Å²) in [5.41, 5.74) is 2.16. The van der Waals surface area contributed by atoms with Gasteiger partial charge in [-0.25, -0.2) is 4.79 Å². The van der Waals surface area contributed by atoms with Crippen LogP contribution in [-0.2, 0) is 19.8 Å². The Morgan fingerprint density at radius 3 is 2.00 bits per heavy atom. The monoisotopic (exact) mass is 408 g/mol. The predicted molar refractivity (Wildman–Crippen MR) is 112 cm³/mol. The van der Waals surface area contributed by atoms with Crippen LogP contribution in [0.1, 0.15) is 32.6 Å². The van der Waals surface area contributed by atoms with Crippen LogP contribution in [-0.4, -0.2) is 23.3 Å². The number of hydrogen-bond donors (Lipinski definition) is 2. The van der Waals surface area contributed by atoms with E-state index in [1.165, 1.54) is 7.11 Å². The topological polar surface area (TPSA) is 85.2 Å². The molecule has 2 N–H and O–H groups in total. The fraction of sp³-hybridized carbons (Fsp3) is 0.208. The molecule has 0 amide bonds. The number of rotatable bonds is 8. The van der Waals surface area contributed by atoms with Gasteiger partial charge in [-0.05, 0) is 24.6 Å². The Morgan fingerprint density at radius 2 is 1.43 bits per heavy atom. The Morgan fingerprint density at radius 1 is 0.867 bits per heavy atom. The average molecular weight is 408 g/mol. The molecule has 0 aliphatic carbocycles. The van der Waals surface area contributed by atoms with Gasteiger partial charge in [-0.1, -0.05) is 48.5 Å². The summed E-state index contributed by atoms with van der Waals surface area (Å²) in [5, 5.41) is 19.9. The molecular formula is C24H24O6. The van der Waals surface area contributed by atoms with Crippen molar-refractivity contribution < 1.29 is 29.2 Å². The first-order valence-corrected chi connectivity index (χ1v) is 9.48. The van der Waals surface area contributed by atoms with Gasteiger partial charge in [0.1, 0.15) is 29.4 Å². The molecule has 0 aliphatic rings. The second-order valence-corrected chi connectivity index (χ2v) is 6.61. The highest BCUT2D eigenvalue weighted by Gasteiger charge is 2.28. The number of hydrogen-bond acceptors (Lipinski definition) is 6. The first-order valence-electron chi connectivity index (χ1n) is 9.48. The molecule has 0 unspecified atom stereocenters. The van der Waals surface area contributed by atoms with Crippen LogP contribution in [0.25, 0.3) is 0 Å². The van der Waals surface area contributed by atoms with Gasteiger partial charge in [-0.3, -0.25) is 0 Å². The van der Waals surface area contributed by atoms with Crippen molar-refractivity contribution in [2.75, 3.05) is 7.11 Å². The van der Waals surface area contributed by atoms with Crippen LogP contribution in [0.5, 0.6) is 17.2 Å². The summed E-state index contributed by atoms with van der Waals surface area (Å²) >= 11 is 0. The number of carbonyl (C=O) groups excluding carboxylic acids is 1. The molecule has 0 bridgehead atoms. The molecule has 0 heterocycles. The van der Waals surface area contributed by atoms with Gasteiger partial charge in [0.2, 0.25) is 0 Å². The van der Waals surface area contributed by atoms with E-state index in [2.05, 4.69) is 0 Å². The Balaban J connectivity index is 2.10. The van der Waals surface area contributed by atoms with Crippen molar-refractivity contribution in [2.45, 2.75) is 26.7 Å². The molecule has 30 heavy (non-hydrogen) atoms. The number of esters is 1. The maximum Gasteiger partial charge on any atom is 0.347 e. The third-order valence-electron chi connectivity index (χ3n) is 4.76. The second-order valence-electron chi connectivity index (χ2n) is 6.61. The zero-order chi connectivity index (χ0) is 21.5. The third-order valence-corrected chi connectivity index (χ3v) is 4.76. The molecule has 0 atom stereocenters. The lowest BCUT2D eigenvalue weighted by Crippen LogP contribution is -2.17. The molecular weight excluding hydrogens is 384 g/mol. The molecule has 6 nitrogen and oxygen atoms in total. The van der Waals surface area contributed by atoms with E-state index in [4.69, 9.17) is 14.2 Å². The molecule has 0 fully saturated rings. The van der Waals surface area contributed by atoms with Gasteiger partial charge < -0.3 is 24.4 Å². The SMILES string of the molecule is COc1c(C)c(C(=O)Oc2ccccc2)c(OCc2ccccc2)c(CO)c1CO. The normalized spacial score (nSPS) is 10.5. The Hall–Kier alpha value is -3.35. The van der Waals surface area contributed by atoms with Crippen LogP contribution in [0.15, 0.2) is 60.7 Å². The fourth-order valence-electron chi connectivity index (χ4n) is 3.33. The lowest BCUT2D eigenvalue weighted by atomic mass is 9.96. The van der Waals surface area contributed by atoms with Gasteiger partial charge in [0.25, 0.3) is 0 Å². The number of aliphatic hydroxyl groups is 2. The summed E-state index contributed by atoms with van der Waals surface area (Å²) in [6.07, 6.45) is 0. The average Bonchev–Trinajstić information content (AvgIpc) is 2.78. The number of methoxy groups -OCH3 is 1. The smallest absolute Gasteiger partial charge is 0.347 e. The van der Waals surface area contributed by atoms with E-state index in [9.17, 15) is 15.0 Å². The zero-order valence-electron chi connectivity index (χ0n) is 16.9. The van der Waals surface area contributed by atoms with E-state index < -0.39 is 12.6 Å². The maximum absolute atomic E-state index is 13.1. The van der Waals surface area contributed by atoms with Crippen LogP contribution in [0.4, 0.5) is 0 Å². The van der Waals surface area contributed by atoms with Gasteiger partial charge in [0.15, 0.2) is 0 Å². The molecule has 3 rings (SSSR count). The minimum Gasteiger partial charge on any atom is -0.496 e. The minimum absolute atomic E-state index is 0.146. The molecule has 3 aromatic rings. The van der Waals surface area contributed by atoms with E-state index in [1.807, 2.05) is 36.4 Å². The number of carbonyl (C=O) groups is 1. The van der Waals surface area contributed by atoms with Crippen LogP contribution in [0.3, 0.4) is 0 Å². The molecule has 0 radical (unpaired) electrons. The Kier molecular flexibility index (Phi) is 7.06. The van der Waals surface area contributed by atoms with Gasteiger partial charge in [0, 0.05) is 16.7 Å². The highest BCUT2D eigenvalue weighted by Crippen LogP contribution is 2.40. The van der Waals surface area contributed by atoms with E-state index in [0.717, 1.165) is 5.56 Å². The summed E-state index contributed by atoms with van der Waals surface area (Å²) < 4.78 is 17.0. The standard InChI is InChI=1S/C24H24O6/c1-16-21(24(27)30-18-11-7-4-8-12-18)23(29-15-17-9-5-3-6-10-17)20(14-26)19(13-25)22(16)28-2/h3-12,25-26H,13-15H2,1-2H3. The fourth-order valence-corrected chi connectivity index (χ4v) is 3.33. The van der Waals surface area contributed by atoms with E-state index >= 15 is 0 Å². The van der Waals surface area contributed by atoms with Crippen LogP contribution >= 0.6 is 0 Å². The molecule has 6 heteroatoms. The second kappa shape index (κ2) is 9.91. The van der Waals surface area contributed by atoms with Crippen molar-refractivity contribution in [3.63, 3.8) is 0 Å². The van der Waals surface area contributed by atoms with Crippen molar-refractivity contribution in [1.29, 1.82) is 0 Å². The molecule has 0 spiro atoms. The summed E-state index contributed by atoms with van der Waals surface area (Å²) in [5.74, 6) is 0.226. The first-order chi connectivity index (χ1) is 14.6. The minimum atomic E-state index is -0.640. The largest absolute Gasteiger partial charge is 0.496 e. The van der Waals surface area contributed by atoms with Crippen molar-refractivity contribution >= 4 is 5.97 Å². The van der Waals surface area contributed by atoms with Gasteiger partial charge in [-0.2, -0.15) is 0 Å². The quantitative estimate of drug-likeness (QED) is 0.436. The van der Waals surface area contributed by atoms with Crippen LogP contribution in [0.2, 0.25) is 0 Å². The van der Waals surface area contributed by atoms with E-state index in [0.29, 0.717) is 22.6 Å². The summed E-state index contributed by atoms with van der Waals surface area (Å²) in [6, 6.07) is 18.1. The zero-order valence-corrected chi connectivity index (χ0v) is 16.9.